The number of likely N-dealkylation sites (tertiary alicyclic amines) is 1. The molecule has 1 aliphatic carbocycles. The van der Waals surface area contributed by atoms with Crippen molar-refractivity contribution in [3.8, 4) is 0 Å². The largest absolute Gasteiger partial charge is 0.480 e. The Labute approximate surface area is 110 Å². The molecule has 6 nitrogen and oxygen atoms in total. The molecule has 0 radical (unpaired) electrons. The van der Waals surface area contributed by atoms with Gasteiger partial charge in [0.2, 0.25) is 5.91 Å². The predicted molar refractivity (Wildman–Crippen MR) is 66.3 cm³/mol. The lowest BCUT2D eigenvalue weighted by Gasteiger charge is -2.32. The highest BCUT2D eigenvalue weighted by Crippen LogP contribution is 2.42. The second kappa shape index (κ2) is 4.68. The van der Waals surface area contributed by atoms with Crippen molar-refractivity contribution >= 4 is 11.9 Å². The number of rotatable bonds is 4. The fourth-order valence-electron chi connectivity index (χ4n) is 3.46. The summed E-state index contributed by atoms with van der Waals surface area (Å²) in [5.74, 6) is -0.745. The van der Waals surface area contributed by atoms with Crippen LogP contribution >= 0.6 is 0 Å². The summed E-state index contributed by atoms with van der Waals surface area (Å²) in [7, 11) is 0. The maximum absolute atomic E-state index is 12.3. The Morgan fingerprint density at radius 2 is 2.32 bits per heavy atom. The number of aromatic nitrogens is 2. The Balaban J connectivity index is 1.66. The molecule has 2 heterocycles. The lowest BCUT2D eigenvalue weighted by atomic mass is 9.98. The molecule has 19 heavy (non-hydrogen) atoms. The van der Waals surface area contributed by atoms with Gasteiger partial charge in [-0.05, 0) is 37.2 Å². The van der Waals surface area contributed by atoms with Crippen LogP contribution in [0, 0.1) is 5.92 Å². The number of piperidine rings is 1. The molecule has 6 heteroatoms. The van der Waals surface area contributed by atoms with E-state index in [4.69, 9.17) is 0 Å². The molecule has 0 unspecified atom stereocenters. The molecule has 2 bridgehead atoms. The smallest absolute Gasteiger partial charge is 0.326 e. The summed E-state index contributed by atoms with van der Waals surface area (Å²) in [5, 5.41) is 15.8. The molecular weight excluding hydrogens is 246 g/mol. The minimum Gasteiger partial charge on any atom is -0.480 e. The number of aromatic amines is 1. The average molecular weight is 263 g/mol. The van der Waals surface area contributed by atoms with Gasteiger partial charge in [-0.25, -0.2) is 4.79 Å². The number of nitrogens with one attached hydrogen (secondary N) is 1. The molecule has 3 atom stereocenters. The molecular formula is C13H17N3O3. The number of carboxylic acid groups (broad SMARTS) is 1. The van der Waals surface area contributed by atoms with E-state index in [1.54, 1.807) is 17.3 Å². The predicted octanol–water partition coefficient (Wildman–Crippen LogP) is 0.806. The van der Waals surface area contributed by atoms with Crippen LogP contribution in [0.25, 0.3) is 0 Å². The van der Waals surface area contributed by atoms with E-state index in [-0.39, 0.29) is 17.9 Å². The summed E-state index contributed by atoms with van der Waals surface area (Å²) in [6.45, 7) is 0. The van der Waals surface area contributed by atoms with E-state index in [0.29, 0.717) is 12.8 Å². The molecule has 2 fully saturated rings. The van der Waals surface area contributed by atoms with Gasteiger partial charge in [0, 0.05) is 18.7 Å². The number of aliphatic carboxylic acids is 1. The van der Waals surface area contributed by atoms with E-state index >= 15 is 0 Å². The van der Waals surface area contributed by atoms with Crippen LogP contribution in [0.2, 0.25) is 0 Å². The van der Waals surface area contributed by atoms with Crippen molar-refractivity contribution in [2.24, 2.45) is 5.92 Å². The molecule has 0 aromatic carbocycles. The number of carbonyl (C=O) groups excluding carboxylic acids is 1. The number of hydrogen-bond acceptors (Lipinski definition) is 3. The van der Waals surface area contributed by atoms with Gasteiger partial charge in [0.15, 0.2) is 0 Å². The Bertz CT molecular complexity index is 485. The van der Waals surface area contributed by atoms with Crippen LogP contribution in [0.3, 0.4) is 0 Å². The van der Waals surface area contributed by atoms with Crippen molar-refractivity contribution in [2.75, 3.05) is 0 Å². The van der Waals surface area contributed by atoms with Crippen molar-refractivity contribution in [1.29, 1.82) is 0 Å². The van der Waals surface area contributed by atoms with E-state index in [2.05, 4.69) is 10.2 Å². The summed E-state index contributed by atoms with van der Waals surface area (Å²) in [4.78, 5) is 25.2. The summed E-state index contributed by atoms with van der Waals surface area (Å²) in [6, 6.07) is -0.460. The quantitative estimate of drug-likeness (QED) is 0.841. The number of nitrogens with zero attached hydrogens (tertiary/aromatic N) is 2. The number of carbonyl (C=O) groups is 2. The molecule has 1 saturated carbocycles. The zero-order valence-corrected chi connectivity index (χ0v) is 10.6. The SMILES string of the molecule is O=C(O)[C@@H]1[C@H]2CC[C@H](C2)N1C(=O)CCc1cn[nH]c1. The second-order valence-electron chi connectivity index (χ2n) is 5.42. The highest BCUT2D eigenvalue weighted by atomic mass is 16.4. The Hall–Kier alpha value is -1.85. The zero-order valence-electron chi connectivity index (χ0n) is 10.6. The third-order valence-electron chi connectivity index (χ3n) is 4.31. The van der Waals surface area contributed by atoms with E-state index in [1.807, 2.05) is 0 Å². The van der Waals surface area contributed by atoms with Gasteiger partial charge in [0.1, 0.15) is 6.04 Å². The van der Waals surface area contributed by atoms with Gasteiger partial charge >= 0.3 is 5.97 Å². The highest BCUT2D eigenvalue weighted by molar-refractivity contribution is 5.85. The Morgan fingerprint density at radius 3 is 3.00 bits per heavy atom. The first-order chi connectivity index (χ1) is 9.16. The van der Waals surface area contributed by atoms with Crippen LogP contribution in [0.1, 0.15) is 31.2 Å². The van der Waals surface area contributed by atoms with Gasteiger partial charge < -0.3 is 10.0 Å². The molecule has 1 saturated heterocycles. The first-order valence-electron chi connectivity index (χ1n) is 6.68. The highest BCUT2D eigenvalue weighted by Gasteiger charge is 2.51. The van der Waals surface area contributed by atoms with Crippen molar-refractivity contribution in [3.63, 3.8) is 0 Å². The number of carboxylic acids is 1. The van der Waals surface area contributed by atoms with Gasteiger partial charge in [-0.3, -0.25) is 9.89 Å². The molecule has 3 rings (SSSR count). The standard InChI is InChI=1S/C13H17N3O3/c17-11(4-1-8-6-14-15-7-8)16-10-3-2-9(5-10)12(16)13(18)19/h6-7,9-10,12H,1-5H2,(H,14,15)(H,18,19)/t9-,10+,12-/m0/s1. The molecule has 2 N–H and O–H groups in total. The number of H-pyrrole nitrogens is 1. The summed E-state index contributed by atoms with van der Waals surface area (Å²) in [5.41, 5.74) is 0.976. The van der Waals surface area contributed by atoms with Crippen LogP contribution < -0.4 is 0 Å². The van der Waals surface area contributed by atoms with Crippen LogP contribution in [0.4, 0.5) is 0 Å². The maximum atomic E-state index is 12.3. The average Bonchev–Trinajstić information content (AvgIpc) is 3.10. The van der Waals surface area contributed by atoms with E-state index in [1.165, 1.54) is 0 Å². The molecule has 102 valence electrons. The number of aryl methyl sites for hydroxylation is 1. The van der Waals surface area contributed by atoms with Crippen molar-refractivity contribution in [1.82, 2.24) is 15.1 Å². The molecule has 2 aliphatic rings. The molecule has 1 aromatic heterocycles. The number of hydrogen-bond donors (Lipinski definition) is 2. The van der Waals surface area contributed by atoms with Crippen LogP contribution in [-0.2, 0) is 16.0 Å². The maximum Gasteiger partial charge on any atom is 0.326 e. The van der Waals surface area contributed by atoms with Crippen LogP contribution in [-0.4, -0.2) is 44.2 Å². The minimum atomic E-state index is -0.858. The van der Waals surface area contributed by atoms with Gasteiger partial charge in [-0.1, -0.05) is 0 Å². The van der Waals surface area contributed by atoms with Crippen molar-refractivity contribution < 1.29 is 14.7 Å². The molecule has 1 amide bonds. The summed E-state index contributed by atoms with van der Waals surface area (Å²) in [6.07, 6.45) is 7.16. The third kappa shape index (κ3) is 2.11. The minimum absolute atomic E-state index is 0.0409. The van der Waals surface area contributed by atoms with Crippen LogP contribution in [0.5, 0.6) is 0 Å². The molecule has 1 aromatic rings. The fourth-order valence-corrected chi connectivity index (χ4v) is 3.46. The lowest BCUT2D eigenvalue weighted by Crippen LogP contribution is -2.49. The first kappa shape index (κ1) is 12.2. The summed E-state index contributed by atoms with van der Waals surface area (Å²) >= 11 is 0. The molecule has 0 spiro atoms. The van der Waals surface area contributed by atoms with Gasteiger partial charge in [-0.2, -0.15) is 5.10 Å². The van der Waals surface area contributed by atoms with Gasteiger partial charge in [0.05, 0.1) is 6.20 Å². The van der Waals surface area contributed by atoms with Gasteiger partial charge in [0.25, 0.3) is 0 Å². The number of amides is 1. The Morgan fingerprint density at radius 1 is 1.47 bits per heavy atom. The zero-order chi connectivity index (χ0) is 13.4. The summed E-state index contributed by atoms with van der Waals surface area (Å²) < 4.78 is 0. The second-order valence-corrected chi connectivity index (χ2v) is 5.42. The number of fused-ring (bicyclic) bond motifs is 2. The molecule has 1 aliphatic heterocycles. The Kier molecular flexibility index (Phi) is 3.00. The third-order valence-corrected chi connectivity index (χ3v) is 4.31. The lowest BCUT2D eigenvalue weighted by molar-refractivity contribution is -0.152. The van der Waals surface area contributed by atoms with E-state index < -0.39 is 12.0 Å². The monoisotopic (exact) mass is 263 g/mol. The van der Waals surface area contributed by atoms with E-state index in [0.717, 1.165) is 24.8 Å². The fraction of sp³-hybridized carbons (Fsp3) is 0.615. The first-order valence-corrected chi connectivity index (χ1v) is 6.68. The van der Waals surface area contributed by atoms with Crippen molar-refractivity contribution in [3.05, 3.63) is 18.0 Å². The van der Waals surface area contributed by atoms with Crippen LogP contribution in [0.15, 0.2) is 12.4 Å². The van der Waals surface area contributed by atoms with E-state index in [9.17, 15) is 14.7 Å². The van der Waals surface area contributed by atoms with Crippen molar-refractivity contribution in [2.45, 2.75) is 44.2 Å². The van der Waals surface area contributed by atoms with Gasteiger partial charge in [-0.15, -0.1) is 0 Å². The topological polar surface area (TPSA) is 86.3 Å². The normalized spacial score (nSPS) is 28.8.